The normalized spacial score (nSPS) is 25.4. The minimum absolute atomic E-state index is 0.224. The predicted octanol–water partition coefficient (Wildman–Crippen LogP) is 3.74. The van der Waals surface area contributed by atoms with Gasteiger partial charge in [0, 0.05) is 6.42 Å². The third kappa shape index (κ3) is 2.97. The molecule has 0 saturated heterocycles. The fourth-order valence-electron chi connectivity index (χ4n) is 2.13. The highest BCUT2D eigenvalue weighted by Gasteiger charge is 2.31. The van der Waals surface area contributed by atoms with Crippen molar-refractivity contribution in [1.29, 1.82) is 0 Å². The van der Waals surface area contributed by atoms with Gasteiger partial charge in [-0.15, -0.1) is 0 Å². The van der Waals surface area contributed by atoms with Crippen LogP contribution >= 0.6 is 0 Å². The number of carbonyl (C=O) groups is 1. The molecule has 0 radical (unpaired) electrons. The van der Waals surface area contributed by atoms with Gasteiger partial charge in [0.1, 0.15) is 0 Å². The van der Waals surface area contributed by atoms with E-state index >= 15 is 0 Å². The van der Waals surface area contributed by atoms with E-state index in [1.54, 1.807) is 6.08 Å². The fraction of sp³-hybridized carbons (Fsp3) is 0.769. The van der Waals surface area contributed by atoms with Crippen molar-refractivity contribution in [2.45, 2.75) is 52.9 Å². The second-order valence-corrected chi connectivity index (χ2v) is 5.02. The van der Waals surface area contributed by atoms with Gasteiger partial charge in [-0.2, -0.15) is 0 Å². The predicted molar refractivity (Wildman–Crippen MR) is 60.2 cm³/mol. The Morgan fingerprint density at radius 3 is 2.79 bits per heavy atom. The molecule has 0 fully saturated rings. The number of hydrogen-bond acceptors (Lipinski definition) is 1. The van der Waals surface area contributed by atoms with E-state index in [1.807, 2.05) is 0 Å². The lowest BCUT2D eigenvalue weighted by atomic mass is 9.70. The lowest BCUT2D eigenvalue weighted by molar-refractivity contribution is -0.117. The molecule has 1 aliphatic rings. The van der Waals surface area contributed by atoms with E-state index in [0.29, 0.717) is 11.7 Å². The van der Waals surface area contributed by atoms with E-state index in [0.717, 1.165) is 6.42 Å². The van der Waals surface area contributed by atoms with E-state index < -0.39 is 0 Å². The third-order valence-electron chi connectivity index (χ3n) is 3.35. The van der Waals surface area contributed by atoms with Crippen LogP contribution in [0.2, 0.25) is 0 Å². The van der Waals surface area contributed by atoms with Crippen molar-refractivity contribution in [3.05, 3.63) is 12.2 Å². The SMILES string of the molecule is CCCCCC1CC(=O)C=CC1(C)C. The highest BCUT2D eigenvalue weighted by molar-refractivity contribution is 5.90. The summed E-state index contributed by atoms with van der Waals surface area (Å²) in [7, 11) is 0. The number of rotatable bonds is 4. The lowest BCUT2D eigenvalue weighted by Gasteiger charge is -2.34. The van der Waals surface area contributed by atoms with Gasteiger partial charge in [0.05, 0.1) is 0 Å². The highest BCUT2D eigenvalue weighted by Crippen LogP contribution is 2.37. The Labute approximate surface area is 87.6 Å². The summed E-state index contributed by atoms with van der Waals surface area (Å²) < 4.78 is 0. The van der Waals surface area contributed by atoms with Crippen molar-refractivity contribution >= 4 is 5.78 Å². The van der Waals surface area contributed by atoms with Crippen LogP contribution in [0.3, 0.4) is 0 Å². The lowest BCUT2D eigenvalue weighted by Crippen LogP contribution is -2.27. The topological polar surface area (TPSA) is 17.1 Å². The molecule has 1 aliphatic carbocycles. The zero-order valence-electron chi connectivity index (χ0n) is 9.68. The second-order valence-electron chi connectivity index (χ2n) is 5.02. The molecule has 0 aliphatic heterocycles. The van der Waals surface area contributed by atoms with Gasteiger partial charge in [0.2, 0.25) is 0 Å². The molecule has 1 atom stereocenters. The molecule has 0 amide bonds. The van der Waals surface area contributed by atoms with Crippen molar-refractivity contribution in [2.75, 3.05) is 0 Å². The second kappa shape index (κ2) is 4.77. The summed E-state index contributed by atoms with van der Waals surface area (Å²) in [5.74, 6) is 0.873. The van der Waals surface area contributed by atoms with E-state index in [-0.39, 0.29) is 5.41 Å². The summed E-state index contributed by atoms with van der Waals surface area (Å²) in [4.78, 5) is 11.3. The van der Waals surface area contributed by atoms with Crippen LogP contribution in [-0.2, 0) is 4.79 Å². The van der Waals surface area contributed by atoms with Crippen molar-refractivity contribution in [3.63, 3.8) is 0 Å². The monoisotopic (exact) mass is 194 g/mol. The van der Waals surface area contributed by atoms with Crippen LogP contribution < -0.4 is 0 Å². The van der Waals surface area contributed by atoms with Gasteiger partial charge in [0.25, 0.3) is 0 Å². The Morgan fingerprint density at radius 1 is 1.43 bits per heavy atom. The molecule has 0 saturated carbocycles. The summed E-state index contributed by atoms with van der Waals surface area (Å²) in [6, 6.07) is 0. The zero-order valence-corrected chi connectivity index (χ0v) is 9.68. The van der Waals surface area contributed by atoms with E-state index in [1.165, 1.54) is 25.7 Å². The number of allylic oxidation sites excluding steroid dienone is 2. The first kappa shape index (κ1) is 11.5. The molecule has 0 N–H and O–H groups in total. The number of ketones is 1. The van der Waals surface area contributed by atoms with Crippen LogP contribution in [0.4, 0.5) is 0 Å². The quantitative estimate of drug-likeness (QED) is 0.623. The molecular weight excluding hydrogens is 172 g/mol. The smallest absolute Gasteiger partial charge is 0.155 e. The number of carbonyl (C=O) groups excluding carboxylic acids is 1. The highest BCUT2D eigenvalue weighted by atomic mass is 16.1. The maximum atomic E-state index is 11.3. The Balaban J connectivity index is 2.50. The summed E-state index contributed by atoms with van der Waals surface area (Å²) in [5, 5.41) is 0. The van der Waals surface area contributed by atoms with Crippen LogP contribution in [-0.4, -0.2) is 5.78 Å². The minimum atomic E-state index is 0.224. The average molecular weight is 194 g/mol. The molecule has 14 heavy (non-hydrogen) atoms. The van der Waals surface area contributed by atoms with E-state index in [9.17, 15) is 4.79 Å². The van der Waals surface area contributed by atoms with Gasteiger partial charge in [0.15, 0.2) is 5.78 Å². The molecule has 0 spiro atoms. The first-order chi connectivity index (χ1) is 6.56. The first-order valence-corrected chi connectivity index (χ1v) is 5.78. The van der Waals surface area contributed by atoms with Crippen LogP contribution in [0.5, 0.6) is 0 Å². The average Bonchev–Trinajstić information content (AvgIpc) is 2.12. The van der Waals surface area contributed by atoms with Gasteiger partial charge in [-0.1, -0.05) is 46.1 Å². The number of hydrogen-bond donors (Lipinski definition) is 0. The Hall–Kier alpha value is -0.590. The van der Waals surface area contributed by atoms with Gasteiger partial charge < -0.3 is 0 Å². The molecule has 0 aromatic carbocycles. The van der Waals surface area contributed by atoms with Crippen LogP contribution in [0, 0.1) is 11.3 Å². The van der Waals surface area contributed by atoms with Gasteiger partial charge >= 0.3 is 0 Å². The van der Waals surface area contributed by atoms with Gasteiger partial charge in [-0.25, -0.2) is 0 Å². The standard InChI is InChI=1S/C13H22O/c1-4-5-6-7-11-10-12(14)8-9-13(11,2)3/h8-9,11H,4-7,10H2,1-3H3. The largest absolute Gasteiger partial charge is 0.295 e. The van der Waals surface area contributed by atoms with E-state index in [4.69, 9.17) is 0 Å². The Bertz CT molecular complexity index is 225. The van der Waals surface area contributed by atoms with Gasteiger partial charge in [-0.05, 0) is 23.8 Å². The molecule has 1 heteroatoms. The Kier molecular flexibility index (Phi) is 3.91. The molecule has 0 heterocycles. The molecular formula is C13H22O. The maximum absolute atomic E-state index is 11.3. The molecule has 0 aromatic rings. The summed E-state index contributed by atoms with van der Waals surface area (Å²) in [6.45, 7) is 6.70. The molecule has 1 unspecified atom stereocenters. The van der Waals surface area contributed by atoms with Crippen molar-refractivity contribution < 1.29 is 4.79 Å². The minimum Gasteiger partial charge on any atom is -0.295 e. The van der Waals surface area contributed by atoms with Crippen molar-refractivity contribution in [3.8, 4) is 0 Å². The molecule has 0 aromatic heterocycles. The zero-order chi connectivity index (χ0) is 10.6. The Morgan fingerprint density at radius 2 is 2.14 bits per heavy atom. The van der Waals surface area contributed by atoms with Crippen LogP contribution in [0.1, 0.15) is 52.9 Å². The summed E-state index contributed by atoms with van der Waals surface area (Å²) >= 11 is 0. The molecule has 0 bridgehead atoms. The van der Waals surface area contributed by atoms with Crippen LogP contribution in [0.15, 0.2) is 12.2 Å². The molecule has 1 nitrogen and oxygen atoms in total. The maximum Gasteiger partial charge on any atom is 0.155 e. The van der Waals surface area contributed by atoms with Crippen molar-refractivity contribution in [1.82, 2.24) is 0 Å². The first-order valence-electron chi connectivity index (χ1n) is 5.78. The number of unbranched alkanes of at least 4 members (excludes halogenated alkanes) is 2. The summed E-state index contributed by atoms with van der Waals surface area (Å²) in [5.41, 5.74) is 0.224. The third-order valence-corrected chi connectivity index (χ3v) is 3.35. The van der Waals surface area contributed by atoms with Gasteiger partial charge in [-0.3, -0.25) is 4.79 Å². The molecule has 1 rings (SSSR count). The van der Waals surface area contributed by atoms with Crippen LogP contribution in [0.25, 0.3) is 0 Å². The fourth-order valence-corrected chi connectivity index (χ4v) is 2.13. The van der Waals surface area contributed by atoms with E-state index in [2.05, 4.69) is 26.8 Å². The van der Waals surface area contributed by atoms with Crippen molar-refractivity contribution in [2.24, 2.45) is 11.3 Å². The summed E-state index contributed by atoms with van der Waals surface area (Å²) in [6.07, 6.45) is 9.64. The molecule has 80 valence electrons.